The quantitative estimate of drug-likeness (QED) is 0.771. The molecule has 1 N–H and O–H groups in total. The number of thiazole rings is 1. The van der Waals surface area contributed by atoms with Crippen molar-refractivity contribution in [3.8, 4) is 0 Å². The first-order valence-corrected chi connectivity index (χ1v) is 8.88. The molecule has 0 radical (unpaired) electrons. The molecule has 2 aromatic rings. The largest absolute Gasteiger partial charge is 0.380 e. The smallest absolute Gasteiger partial charge is 0.185 e. The molecule has 2 rings (SSSR count). The molecular formula is C15H21N3S2. The van der Waals surface area contributed by atoms with E-state index < -0.39 is 0 Å². The molecule has 1 aromatic heterocycles. The zero-order chi connectivity index (χ0) is 14.4. The normalized spacial score (nSPS) is 10.6. The van der Waals surface area contributed by atoms with Crippen LogP contribution in [0.4, 0.5) is 10.8 Å². The molecule has 0 saturated carbocycles. The summed E-state index contributed by atoms with van der Waals surface area (Å²) in [7, 11) is 0. The van der Waals surface area contributed by atoms with Gasteiger partial charge in [0.2, 0.25) is 0 Å². The summed E-state index contributed by atoms with van der Waals surface area (Å²) in [6.07, 6.45) is 4.07. The third-order valence-electron chi connectivity index (χ3n) is 3.13. The van der Waals surface area contributed by atoms with Gasteiger partial charge in [-0.05, 0) is 44.4 Å². The van der Waals surface area contributed by atoms with Gasteiger partial charge in [0.05, 0.1) is 6.54 Å². The van der Waals surface area contributed by atoms with Crippen LogP contribution < -0.4 is 10.2 Å². The molecule has 0 fully saturated rings. The Morgan fingerprint density at radius 3 is 2.50 bits per heavy atom. The van der Waals surface area contributed by atoms with Crippen LogP contribution in [0.25, 0.3) is 0 Å². The predicted octanol–water partition coefficient (Wildman–Crippen LogP) is 4.32. The first kappa shape index (κ1) is 15.2. The molecular weight excluding hydrogens is 286 g/mol. The Labute approximate surface area is 129 Å². The summed E-state index contributed by atoms with van der Waals surface area (Å²) in [5.41, 5.74) is 1.15. The van der Waals surface area contributed by atoms with Crippen molar-refractivity contribution >= 4 is 33.9 Å². The highest BCUT2D eigenvalue weighted by molar-refractivity contribution is 7.98. The maximum absolute atomic E-state index is 4.50. The lowest BCUT2D eigenvalue weighted by molar-refractivity contribution is 0.860. The van der Waals surface area contributed by atoms with Crippen LogP contribution in [0.15, 0.2) is 35.4 Å². The summed E-state index contributed by atoms with van der Waals surface area (Å²) in [5.74, 6) is 0. The summed E-state index contributed by atoms with van der Waals surface area (Å²) < 4.78 is 0. The standard InChI is InChI=1S/C15H21N3S2/c1-4-18(5-2)15-17-11-14(20-15)10-16-12-6-8-13(19-3)9-7-12/h6-9,11,16H,4-5,10H2,1-3H3. The van der Waals surface area contributed by atoms with Crippen molar-refractivity contribution in [3.05, 3.63) is 35.3 Å². The molecule has 0 atom stereocenters. The van der Waals surface area contributed by atoms with Gasteiger partial charge in [-0.25, -0.2) is 4.98 Å². The number of benzene rings is 1. The molecule has 0 saturated heterocycles. The Hall–Kier alpha value is -1.20. The Morgan fingerprint density at radius 2 is 1.90 bits per heavy atom. The molecule has 20 heavy (non-hydrogen) atoms. The fourth-order valence-corrected chi connectivity index (χ4v) is 3.30. The van der Waals surface area contributed by atoms with E-state index in [1.165, 1.54) is 9.77 Å². The van der Waals surface area contributed by atoms with E-state index in [0.717, 1.165) is 30.5 Å². The maximum atomic E-state index is 4.50. The number of hydrogen-bond acceptors (Lipinski definition) is 5. The highest BCUT2D eigenvalue weighted by Gasteiger charge is 2.07. The zero-order valence-corrected chi connectivity index (χ0v) is 13.9. The van der Waals surface area contributed by atoms with Gasteiger partial charge in [0.25, 0.3) is 0 Å². The van der Waals surface area contributed by atoms with Gasteiger partial charge in [-0.15, -0.1) is 23.1 Å². The van der Waals surface area contributed by atoms with E-state index in [4.69, 9.17) is 0 Å². The first-order valence-electron chi connectivity index (χ1n) is 6.84. The summed E-state index contributed by atoms with van der Waals surface area (Å²) in [4.78, 5) is 9.33. The molecule has 0 aliphatic heterocycles. The number of nitrogens with zero attached hydrogens (tertiary/aromatic N) is 2. The van der Waals surface area contributed by atoms with Crippen molar-refractivity contribution in [1.82, 2.24) is 4.98 Å². The summed E-state index contributed by atoms with van der Waals surface area (Å²) in [5, 5.41) is 4.56. The summed E-state index contributed by atoms with van der Waals surface area (Å²) in [6, 6.07) is 8.53. The van der Waals surface area contributed by atoms with Gasteiger partial charge in [-0.2, -0.15) is 0 Å². The van der Waals surface area contributed by atoms with Crippen molar-refractivity contribution in [2.75, 3.05) is 29.6 Å². The van der Waals surface area contributed by atoms with Crippen LogP contribution in [-0.4, -0.2) is 24.3 Å². The Bertz CT molecular complexity index is 518. The lowest BCUT2D eigenvalue weighted by Gasteiger charge is -2.16. The molecule has 0 unspecified atom stereocenters. The highest BCUT2D eigenvalue weighted by Crippen LogP contribution is 2.23. The van der Waals surface area contributed by atoms with Gasteiger partial charge in [0.15, 0.2) is 5.13 Å². The average molecular weight is 307 g/mol. The van der Waals surface area contributed by atoms with E-state index in [-0.39, 0.29) is 0 Å². The number of anilines is 2. The lowest BCUT2D eigenvalue weighted by Crippen LogP contribution is -2.21. The third kappa shape index (κ3) is 3.90. The Kier molecular flexibility index (Phi) is 5.73. The topological polar surface area (TPSA) is 28.2 Å². The Balaban J connectivity index is 1.93. The van der Waals surface area contributed by atoms with E-state index in [1.54, 1.807) is 23.1 Å². The van der Waals surface area contributed by atoms with Crippen LogP contribution >= 0.6 is 23.1 Å². The van der Waals surface area contributed by atoms with Gasteiger partial charge in [0.1, 0.15) is 0 Å². The number of nitrogens with one attached hydrogen (secondary N) is 1. The van der Waals surface area contributed by atoms with Crippen LogP contribution in [0.2, 0.25) is 0 Å². The van der Waals surface area contributed by atoms with Gasteiger partial charge in [-0.1, -0.05) is 0 Å². The van der Waals surface area contributed by atoms with Crippen LogP contribution in [0.3, 0.4) is 0 Å². The Morgan fingerprint density at radius 1 is 1.20 bits per heavy atom. The van der Waals surface area contributed by atoms with Crippen molar-refractivity contribution in [3.63, 3.8) is 0 Å². The van der Waals surface area contributed by atoms with Gasteiger partial charge < -0.3 is 10.2 Å². The average Bonchev–Trinajstić information content (AvgIpc) is 2.96. The molecule has 0 aliphatic carbocycles. The third-order valence-corrected chi connectivity index (χ3v) is 4.93. The van der Waals surface area contributed by atoms with E-state index >= 15 is 0 Å². The van der Waals surface area contributed by atoms with Crippen LogP contribution in [0.1, 0.15) is 18.7 Å². The van der Waals surface area contributed by atoms with Crippen molar-refractivity contribution in [2.45, 2.75) is 25.3 Å². The van der Waals surface area contributed by atoms with Crippen LogP contribution in [0, 0.1) is 0 Å². The van der Waals surface area contributed by atoms with Crippen molar-refractivity contribution in [2.24, 2.45) is 0 Å². The van der Waals surface area contributed by atoms with Crippen LogP contribution in [0.5, 0.6) is 0 Å². The van der Waals surface area contributed by atoms with Gasteiger partial charge in [-0.3, -0.25) is 0 Å². The summed E-state index contributed by atoms with van der Waals surface area (Å²) >= 11 is 3.53. The second kappa shape index (κ2) is 7.55. The molecule has 5 heteroatoms. The molecule has 0 aliphatic rings. The van der Waals surface area contributed by atoms with Crippen LogP contribution in [-0.2, 0) is 6.54 Å². The number of rotatable bonds is 7. The van der Waals surface area contributed by atoms with Crippen molar-refractivity contribution < 1.29 is 0 Å². The van der Waals surface area contributed by atoms with E-state index in [9.17, 15) is 0 Å². The predicted molar refractivity (Wildman–Crippen MR) is 91.2 cm³/mol. The highest BCUT2D eigenvalue weighted by atomic mass is 32.2. The van der Waals surface area contributed by atoms with E-state index in [0.29, 0.717) is 0 Å². The van der Waals surface area contributed by atoms with Gasteiger partial charge in [0, 0.05) is 34.7 Å². The number of aromatic nitrogens is 1. The fraction of sp³-hybridized carbons (Fsp3) is 0.400. The molecule has 0 spiro atoms. The first-order chi connectivity index (χ1) is 9.76. The molecule has 0 bridgehead atoms. The van der Waals surface area contributed by atoms with Crippen molar-refractivity contribution in [1.29, 1.82) is 0 Å². The number of thioether (sulfide) groups is 1. The summed E-state index contributed by atoms with van der Waals surface area (Å²) in [6.45, 7) is 7.17. The maximum Gasteiger partial charge on any atom is 0.185 e. The number of hydrogen-bond donors (Lipinski definition) is 1. The fourth-order valence-electron chi connectivity index (χ4n) is 1.92. The minimum Gasteiger partial charge on any atom is -0.380 e. The lowest BCUT2D eigenvalue weighted by atomic mass is 10.3. The molecule has 1 heterocycles. The molecule has 0 amide bonds. The van der Waals surface area contributed by atoms with E-state index in [2.05, 4.69) is 59.6 Å². The second-order valence-corrected chi connectivity index (χ2v) is 6.34. The minimum atomic E-state index is 0.831. The zero-order valence-electron chi connectivity index (χ0n) is 12.2. The van der Waals surface area contributed by atoms with Gasteiger partial charge >= 0.3 is 0 Å². The monoisotopic (exact) mass is 307 g/mol. The molecule has 108 valence electrons. The second-order valence-electron chi connectivity index (χ2n) is 4.36. The SMILES string of the molecule is CCN(CC)c1ncc(CNc2ccc(SC)cc2)s1. The minimum absolute atomic E-state index is 0.831. The van der Waals surface area contributed by atoms with E-state index in [1.807, 2.05) is 6.20 Å². The molecule has 1 aromatic carbocycles. The molecule has 3 nitrogen and oxygen atoms in total.